The maximum atomic E-state index is 12.2. The Labute approximate surface area is 130 Å². The van der Waals surface area contributed by atoms with Crippen molar-refractivity contribution in [2.24, 2.45) is 0 Å². The summed E-state index contributed by atoms with van der Waals surface area (Å²) in [5.41, 5.74) is 7.50. The van der Waals surface area contributed by atoms with E-state index in [0.29, 0.717) is 6.54 Å². The molecular formula is C17H22N4O. The summed E-state index contributed by atoms with van der Waals surface area (Å²) in [4.78, 5) is 12.2. The molecule has 22 heavy (non-hydrogen) atoms. The van der Waals surface area contributed by atoms with Crippen molar-refractivity contribution in [1.29, 1.82) is 0 Å². The molecule has 3 N–H and O–H groups in total. The number of aromatic nitrogens is 1. The number of nitrogens with zero attached hydrogens (tertiary/aromatic N) is 1. The Morgan fingerprint density at radius 2 is 1.91 bits per heavy atom. The van der Waals surface area contributed by atoms with E-state index < -0.39 is 0 Å². The molecule has 2 aromatic rings. The van der Waals surface area contributed by atoms with Gasteiger partial charge in [0.2, 0.25) is 5.91 Å². The van der Waals surface area contributed by atoms with E-state index in [4.69, 9.17) is 0 Å². The molecule has 2 heterocycles. The molecule has 0 bridgehead atoms. The lowest BCUT2D eigenvalue weighted by Crippen LogP contribution is -2.43. The molecule has 1 saturated heterocycles. The Morgan fingerprint density at radius 1 is 1.14 bits per heavy atom. The third-order valence-corrected chi connectivity index (χ3v) is 3.98. The van der Waals surface area contributed by atoms with Gasteiger partial charge in [0, 0.05) is 31.5 Å². The number of nitrogens with one attached hydrogen (secondary N) is 3. The van der Waals surface area contributed by atoms with Crippen molar-refractivity contribution in [3.8, 4) is 0 Å². The zero-order chi connectivity index (χ0) is 15.2. The van der Waals surface area contributed by atoms with Gasteiger partial charge in [0.25, 0.3) is 0 Å². The molecule has 5 nitrogen and oxygen atoms in total. The summed E-state index contributed by atoms with van der Waals surface area (Å²) in [6.07, 6.45) is 5.78. The molecule has 1 aliphatic rings. The largest absolute Gasteiger partial charge is 0.355 e. The molecule has 1 fully saturated rings. The van der Waals surface area contributed by atoms with Gasteiger partial charge in [-0.2, -0.15) is 0 Å². The molecule has 3 rings (SSSR count). The lowest BCUT2D eigenvalue weighted by molar-refractivity contribution is -0.122. The van der Waals surface area contributed by atoms with Crippen LogP contribution in [0.15, 0.2) is 54.9 Å². The van der Waals surface area contributed by atoms with Crippen LogP contribution in [0.3, 0.4) is 0 Å². The van der Waals surface area contributed by atoms with Crippen LogP contribution in [0.1, 0.15) is 24.4 Å². The maximum Gasteiger partial charge on any atom is 0.238 e. The molecule has 1 aliphatic heterocycles. The smallest absolute Gasteiger partial charge is 0.238 e. The van der Waals surface area contributed by atoms with Crippen LogP contribution in [0.4, 0.5) is 0 Å². The van der Waals surface area contributed by atoms with E-state index in [2.05, 4.69) is 32.9 Å². The number of aryl methyl sites for hydroxylation is 1. The standard InChI is InChI=1S/C17H22N4O/c22-17(18-9-6-12-21-10-4-5-11-21)16-13-15(19-20-16)14-7-2-1-3-8-14/h1-5,7-8,10-11,15-16,19-20H,6,9,12-13H2,(H,18,22). The van der Waals surface area contributed by atoms with E-state index in [1.165, 1.54) is 5.56 Å². The summed E-state index contributed by atoms with van der Waals surface area (Å²) in [5.74, 6) is 0.0680. The molecule has 116 valence electrons. The number of benzene rings is 1. The minimum Gasteiger partial charge on any atom is -0.355 e. The third-order valence-electron chi connectivity index (χ3n) is 3.98. The summed E-state index contributed by atoms with van der Waals surface area (Å²) in [6, 6.07) is 14.2. The van der Waals surface area contributed by atoms with E-state index >= 15 is 0 Å². The fourth-order valence-corrected chi connectivity index (χ4v) is 2.75. The fraction of sp³-hybridized carbons (Fsp3) is 0.353. The van der Waals surface area contributed by atoms with Gasteiger partial charge in [0.05, 0.1) is 0 Å². The molecular weight excluding hydrogens is 276 g/mol. The maximum absolute atomic E-state index is 12.2. The minimum absolute atomic E-state index is 0.0680. The van der Waals surface area contributed by atoms with Gasteiger partial charge in [0.1, 0.15) is 6.04 Å². The molecule has 1 aromatic carbocycles. The molecule has 0 spiro atoms. The molecule has 0 radical (unpaired) electrons. The minimum atomic E-state index is -0.170. The van der Waals surface area contributed by atoms with E-state index in [0.717, 1.165) is 19.4 Å². The van der Waals surface area contributed by atoms with Gasteiger partial charge in [-0.1, -0.05) is 30.3 Å². The lowest BCUT2D eigenvalue weighted by Gasteiger charge is -2.11. The highest BCUT2D eigenvalue weighted by molar-refractivity contribution is 5.82. The van der Waals surface area contributed by atoms with Gasteiger partial charge >= 0.3 is 0 Å². The second-order valence-electron chi connectivity index (χ2n) is 5.61. The van der Waals surface area contributed by atoms with Gasteiger partial charge in [-0.3, -0.25) is 4.79 Å². The van der Waals surface area contributed by atoms with Crippen molar-refractivity contribution in [1.82, 2.24) is 20.7 Å². The fourth-order valence-electron chi connectivity index (χ4n) is 2.75. The molecule has 2 unspecified atom stereocenters. The van der Waals surface area contributed by atoms with Gasteiger partial charge in [-0.25, -0.2) is 10.9 Å². The Kier molecular flexibility index (Phi) is 4.88. The average Bonchev–Trinajstić information content (AvgIpc) is 3.24. The quantitative estimate of drug-likeness (QED) is 0.710. The van der Waals surface area contributed by atoms with Gasteiger partial charge < -0.3 is 9.88 Å². The Bertz CT molecular complexity index is 582. The number of rotatable bonds is 6. The first-order valence-corrected chi connectivity index (χ1v) is 7.77. The van der Waals surface area contributed by atoms with Crippen molar-refractivity contribution in [2.45, 2.75) is 31.5 Å². The topological polar surface area (TPSA) is 58.1 Å². The summed E-state index contributed by atoms with van der Waals surface area (Å²) in [5, 5.41) is 3.00. The predicted molar refractivity (Wildman–Crippen MR) is 85.9 cm³/mol. The molecule has 1 aromatic heterocycles. The van der Waals surface area contributed by atoms with Crippen LogP contribution < -0.4 is 16.2 Å². The molecule has 5 heteroatoms. The second kappa shape index (κ2) is 7.24. The van der Waals surface area contributed by atoms with Crippen molar-refractivity contribution >= 4 is 5.91 Å². The molecule has 0 saturated carbocycles. The Morgan fingerprint density at radius 3 is 2.68 bits per heavy atom. The Hall–Kier alpha value is -2.11. The first kappa shape index (κ1) is 14.8. The number of carbonyl (C=O) groups is 1. The summed E-state index contributed by atoms with van der Waals surface area (Å²) in [7, 11) is 0. The zero-order valence-electron chi connectivity index (χ0n) is 12.5. The highest BCUT2D eigenvalue weighted by Gasteiger charge is 2.29. The van der Waals surface area contributed by atoms with E-state index in [-0.39, 0.29) is 18.0 Å². The number of amides is 1. The van der Waals surface area contributed by atoms with Crippen LogP contribution in [0.25, 0.3) is 0 Å². The van der Waals surface area contributed by atoms with Crippen molar-refractivity contribution in [3.05, 3.63) is 60.4 Å². The van der Waals surface area contributed by atoms with E-state index in [1.54, 1.807) is 0 Å². The van der Waals surface area contributed by atoms with Gasteiger partial charge in [-0.15, -0.1) is 0 Å². The highest BCUT2D eigenvalue weighted by atomic mass is 16.2. The van der Waals surface area contributed by atoms with E-state index in [1.807, 2.05) is 42.7 Å². The Balaban J connectivity index is 1.40. The van der Waals surface area contributed by atoms with Crippen LogP contribution in [0.2, 0.25) is 0 Å². The SMILES string of the molecule is O=C(NCCCn1cccc1)C1CC(c2ccccc2)NN1. The zero-order valence-corrected chi connectivity index (χ0v) is 12.5. The van der Waals surface area contributed by atoms with Crippen molar-refractivity contribution in [2.75, 3.05) is 6.54 Å². The van der Waals surface area contributed by atoms with Crippen LogP contribution in [-0.4, -0.2) is 23.1 Å². The van der Waals surface area contributed by atoms with Crippen LogP contribution in [0, 0.1) is 0 Å². The molecule has 2 atom stereocenters. The first-order chi connectivity index (χ1) is 10.8. The van der Waals surface area contributed by atoms with Crippen LogP contribution in [0.5, 0.6) is 0 Å². The van der Waals surface area contributed by atoms with Crippen LogP contribution in [-0.2, 0) is 11.3 Å². The normalized spacial score (nSPS) is 20.9. The number of hydrogen-bond acceptors (Lipinski definition) is 3. The van der Waals surface area contributed by atoms with Crippen LogP contribution >= 0.6 is 0 Å². The number of hydrazine groups is 1. The van der Waals surface area contributed by atoms with Gasteiger partial charge in [0.15, 0.2) is 0 Å². The second-order valence-corrected chi connectivity index (χ2v) is 5.61. The van der Waals surface area contributed by atoms with Crippen molar-refractivity contribution in [3.63, 3.8) is 0 Å². The summed E-state index contributed by atoms with van der Waals surface area (Å²) >= 11 is 0. The summed E-state index contributed by atoms with van der Waals surface area (Å²) < 4.78 is 2.12. The van der Waals surface area contributed by atoms with Crippen molar-refractivity contribution < 1.29 is 4.79 Å². The van der Waals surface area contributed by atoms with E-state index in [9.17, 15) is 4.79 Å². The molecule has 1 amide bonds. The highest BCUT2D eigenvalue weighted by Crippen LogP contribution is 2.21. The summed E-state index contributed by atoms with van der Waals surface area (Å²) in [6.45, 7) is 1.63. The molecule has 0 aliphatic carbocycles. The predicted octanol–water partition coefficient (Wildman–Crippen LogP) is 1.60. The van der Waals surface area contributed by atoms with Gasteiger partial charge in [-0.05, 0) is 30.5 Å². The average molecular weight is 298 g/mol. The number of carbonyl (C=O) groups excluding carboxylic acids is 1. The lowest BCUT2D eigenvalue weighted by atomic mass is 10.0. The third kappa shape index (κ3) is 3.75. The first-order valence-electron chi connectivity index (χ1n) is 7.77. The monoisotopic (exact) mass is 298 g/mol. The number of hydrogen-bond donors (Lipinski definition) is 3.